The lowest BCUT2D eigenvalue weighted by Gasteiger charge is -2.44. The summed E-state index contributed by atoms with van der Waals surface area (Å²) in [5.74, 6) is 0. The Morgan fingerprint density at radius 1 is 1.38 bits per heavy atom. The van der Waals surface area contributed by atoms with Gasteiger partial charge in [-0.25, -0.2) is 0 Å². The van der Waals surface area contributed by atoms with E-state index >= 15 is 0 Å². The molecule has 2 atom stereocenters. The maximum Gasteiger partial charge on any atom is 0.416 e. The Bertz CT molecular complexity index is 257. The Morgan fingerprint density at radius 3 is 2.38 bits per heavy atom. The van der Waals surface area contributed by atoms with Gasteiger partial charge in [-0.15, -0.1) is 0 Å². The van der Waals surface area contributed by atoms with E-state index in [0.717, 1.165) is 6.92 Å². The second-order valence-electron chi connectivity index (χ2n) is 4.98. The first kappa shape index (κ1) is 14.0. The molecule has 1 fully saturated rings. The van der Waals surface area contributed by atoms with E-state index in [2.05, 4.69) is 0 Å². The zero-order valence-electron chi connectivity index (χ0n) is 10.1. The molecular formula is C10H19F3O2Si. The van der Waals surface area contributed by atoms with Crippen molar-refractivity contribution in [3.63, 3.8) is 0 Å². The molecule has 0 bridgehead atoms. The van der Waals surface area contributed by atoms with E-state index < -0.39 is 20.3 Å². The second-order valence-corrected chi connectivity index (χ2v) is 8.19. The van der Waals surface area contributed by atoms with E-state index in [1.54, 1.807) is 6.55 Å². The predicted octanol–water partition coefficient (Wildman–Crippen LogP) is 3.61. The van der Waals surface area contributed by atoms with Gasteiger partial charge in [0.2, 0.25) is 0 Å². The zero-order valence-corrected chi connectivity index (χ0v) is 11.1. The fraction of sp³-hybridized carbons (Fsp3) is 1.00. The van der Waals surface area contributed by atoms with Crippen LogP contribution < -0.4 is 0 Å². The van der Waals surface area contributed by atoms with Crippen molar-refractivity contribution in [2.24, 2.45) is 0 Å². The van der Waals surface area contributed by atoms with Gasteiger partial charge in [0.15, 0.2) is 5.60 Å². The van der Waals surface area contributed by atoms with E-state index in [1.165, 1.54) is 0 Å². The quantitative estimate of drug-likeness (QED) is 0.703. The number of alkyl halides is 3. The van der Waals surface area contributed by atoms with Crippen molar-refractivity contribution in [2.45, 2.75) is 64.1 Å². The first-order chi connectivity index (χ1) is 7.08. The molecular weight excluding hydrogens is 237 g/mol. The molecule has 0 aromatic carbocycles. The Labute approximate surface area is 95.4 Å². The molecule has 0 aromatic heterocycles. The first-order valence-electron chi connectivity index (χ1n) is 5.53. The third-order valence-corrected chi connectivity index (χ3v) is 5.92. The molecule has 1 saturated heterocycles. The molecule has 1 heterocycles. The SMILES string of the molecule is CC(C)O[Si]1(C)CCCC(C)(C(F)(F)F)O1. The van der Waals surface area contributed by atoms with Crippen LogP contribution in [-0.2, 0) is 8.85 Å². The van der Waals surface area contributed by atoms with Gasteiger partial charge in [-0.1, -0.05) is 0 Å². The van der Waals surface area contributed by atoms with Crippen LogP contribution in [0.25, 0.3) is 0 Å². The summed E-state index contributed by atoms with van der Waals surface area (Å²) in [5.41, 5.74) is -2.03. The number of rotatable bonds is 2. The monoisotopic (exact) mass is 256 g/mol. The van der Waals surface area contributed by atoms with Gasteiger partial charge in [-0.2, -0.15) is 13.2 Å². The summed E-state index contributed by atoms with van der Waals surface area (Å²) in [4.78, 5) is 0. The zero-order chi connectivity index (χ0) is 12.6. The number of hydrogen-bond acceptors (Lipinski definition) is 2. The number of halogens is 3. The van der Waals surface area contributed by atoms with Gasteiger partial charge in [0.25, 0.3) is 0 Å². The van der Waals surface area contributed by atoms with Gasteiger partial charge in [-0.3, -0.25) is 0 Å². The molecule has 1 aliphatic heterocycles. The highest BCUT2D eigenvalue weighted by Crippen LogP contribution is 2.44. The lowest BCUT2D eigenvalue weighted by atomic mass is 10.0. The third kappa shape index (κ3) is 2.98. The Kier molecular flexibility index (Phi) is 3.77. The van der Waals surface area contributed by atoms with Crippen LogP contribution in [0.1, 0.15) is 33.6 Å². The normalized spacial score (nSPS) is 36.8. The van der Waals surface area contributed by atoms with Gasteiger partial charge in [0.05, 0.1) is 0 Å². The molecule has 6 heteroatoms. The summed E-state index contributed by atoms with van der Waals surface area (Å²) < 4.78 is 49.5. The van der Waals surface area contributed by atoms with Crippen molar-refractivity contribution >= 4 is 8.56 Å². The summed E-state index contributed by atoms with van der Waals surface area (Å²) in [5, 5.41) is 0. The van der Waals surface area contributed by atoms with E-state index in [-0.39, 0.29) is 12.5 Å². The maximum absolute atomic E-state index is 12.8. The summed E-state index contributed by atoms with van der Waals surface area (Å²) in [6, 6.07) is 0.636. The fourth-order valence-corrected chi connectivity index (χ4v) is 5.36. The largest absolute Gasteiger partial charge is 0.416 e. The average molecular weight is 256 g/mol. The van der Waals surface area contributed by atoms with E-state index in [0.29, 0.717) is 12.5 Å². The second kappa shape index (κ2) is 4.31. The van der Waals surface area contributed by atoms with Crippen LogP contribution in [0.4, 0.5) is 13.2 Å². The van der Waals surface area contributed by atoms with Crippen LogP contribution in [0, 0.1) is 0 Å². The summed E-state index contributed by atoms with van der Waals surface area (Å²) in [7, 11) is -2.66. The van der Waals surface area contributed by atoms with Crippen LogP contribution in [0.15, 0.2) is 0 Å². The average Bonchev–Trinajstić information content (AvgIpc) is 1.97. The molecule has 0 N–H and O–H groups in total. The highest BCUT2D eigenvalue weighted by atomic mass is 28.4. The molecule has 2 unspecified atom stereocenters. The van der Waals surface area contributed by atoms with Crippen LogP contribution in [0.5, 0.6) is 0 Å². The molecule has 1 rings (SSSR count). The van der Waals surface area contributed by atoms with Gasteiger partial charge in [0, 0.05) is 6.10 Å². The molecule has 0 radical (unpaired) electrons. The molecule has 2 nitrogen and oxygen atoms in total. The summed E-state index contributed by atoms with van der Waals surface area (Å²) >= 11 is 0. The highest BCUT2D eigenvalue weighted by molar-refractivity contribution is 6.66. The topological polar surface area (TPSA) is 18.5 Å². The summed E-state index contributed by atoms with van der Waals surface area (Å²) in [6.07, 6.45) is -3.86. The molecule has 1 aliphatic rings. The Morgan fingerprint density at radius 2 is 1.94 bits per heavy atom. The maximum atomic E-state index is 12.8. The molecule has 0 saturated carbocycles. The van der Waals surface area contributed by atoms with E-state index in [1.807, 2.05) is 13.8 Å². The molecule has 0 spiro atoms. The van der Waals surface area contributed by atoms with Crippen molar-refractivity contribution in [3.05, 3.63) is 0 Å². The van der Waals surface area contributed by atoms with Crippen LogP contribution >= 0.6 is 0 Å². The van der Waals surface area contributed by atoms with Gasteiger partial charge in [0.1, 0.15) is 0 Å². The number of hydrogen-bond donors (Lipinski definition) is 0. The van der Waals surface area contributed by atoms with Crippen molar-refractivity contribution in [2.75, 3.05) is 0 Å². The third-order valence-electron chi connectivity index (χ3n) is 2.81. The van der Waals surface area contributed by atoms with E-state index in [4.69, 9.17) is 8.85 Å². The van der Waals surface area contributed by atoms with Crippen molar-refractivity contribution < 1.29 is 22.0 Å². The molecule has 0 aromatic rings. The highest BCUT2D eigenvalue weighted by Gasteiger charge is 2.58. The van der Waals surface area contributed by atoms with Gasteiger partial charge < -0.3 is 8.85 Å². The van der Waals surface area contributed by atoms with Gasteiger partial charge in [-0.05, 0) is 46.2 Å². The van der Waals surface area contributed by atoms with Crippen molar-refractivity contribution in [3.8, 4) is 0 Å². The van der Waals surface area contributed by atoms with Crippen molar-refractivity contribution in [1.82, 2.24) is 0 Å². The predicted molar refractivity (Wildman–Crippen MR) is 57.4 cm³/mol. The Hall–Kier alpha value is -0.0731. The van der Waals surface area contributed by atoms with Gasteiger partial charge >= 0.3 is 14.7 Å². The standard InChI is InChI=1S/C10H19F3O2Si/c1-8(2)14-16(4)7-5-6-9(3,15-16)10(11,12)13/h8H,5-7H2,1-4H3. The van der Waals surface area contributed by atoms with E-state index in [9.17, 15) is 13.2 Å². The lowest BCUT2D eigenvalue weighted by Crippen LogP contribution is -2.58. The summed E-state index contributed by atoms with van der Waals surface area (Å²) in [6.45, 7) is 6.49. The molecule has 0 aliphatic carbocycles. The van der Waals surface area contributed by atoms with Crippen molar-refractivity contribution in [1.29, 1.82) is 0 Å². The molecule has 0 amide bonds. The van der Waals surface area contributed by atoms with Crippen LogP contribution in [0.3, 0.4) is 0 Å². The molecule has 16 heavy (non-hydrogen) atoms. The minimum atomic E-state index is -4.32. The minimum absolute atomic E-state index is 0.0283. The molecule has 96 valence electrons. The van der Waals surface area contributed by atoms with Crippen LogP contribution in [-0.4, -0.2) is 26.4 Å². The smallest absolute Gasteiger partial charge is 0.392 e. The first-order valence-corrected chi connectivity index (χ1v) is 8.05. The van der Waals surface area contributed by atoms with Crippen LogP contribution in [0.2, 0.25) is 12.6 Å². The minimum Gasteiger partial charge on any atom is -0.392 e. The Balaban J connectivity index is 2.80. The lowest BCUT2D eigenvalue weighted by molar-refractivity contribution is -0.256. The fourth-order valence-electron chi connectivity index (χ4n) is 2.11.